The number of carbonyl (C=O) groups is 1. The lowest BCUT2D eigenvalue weighted by atomic mass is 10.1. The molecule has 0 saturated carbocycles. The van der Waals surface area contributed by atoms with Crippen LogP contribution < -0.4 is 5.32 Å². The molecule has 82 valence electrons. The Balaban J connectivity index is 2.68. The van der Waals surface area contributed by atoms with E-state index >= 15 is 0 Å². The Morgan fingerprint density at radius 2 is 2.27 bits per heavy atom. The molecule has 2 nitrogen and oxygen atoms in total. The first-order valence-corrected chi connectivity index (χ1v) is 5.87. The second-order valence-corrected chi connectivity index (χ2v) is 4.07. The van der Waals surface area contributed by atoms with E-state index in [4.69, 9.17) is 0 Å². The molecule has 0 fully saturated rings. The number of benzene rings is 1. The summed E-state index contributed by atoms with van der Waals surface area (Å²) >= 11 is 3.26. The van der Waals surface area contributed by atoms with Gasteiger partial charge in [0.1, 0.15) is 5.82 Å². The summed E-state index contributed by atoms with van der Waals surface area (Å²) in [6.45, 7) is 2.38. The fraction of sp³-hybridized carbons (Fsp3) is 0.364. The monoisotopic (exact) mass is 273 g/mol. The summed E-state index contributed by atoms with van der Waals surface area (Å²) in [5, 5.41) is 3.48. The van der Waals surface area contributed by atoms with Crippen molar-refractivity contribution in [1.29, 1.82) is 0 Å². The average molecular weight is 274 g/mol. The van der Waals surface area contributed by atoms with E-state index in [0.717, 1.165) is 17.3 Å². The Kier molecular flexibility index (Phi) is 4.75. The van der Waals surface area contributed by atoms with Gasteiger partial charge < -0.3 is 5.32 Å². The molecule has 1 rings (SSSR count). The predicted molar refractivity (Wildman–Crippen MR) is 61.9 cm³/mol. The Morgan fingerprint density at radius 1 is 1.53 bits per heavy atom. The van der Waals surface area contributed by atoms with Gasteiger partial charge in [-0.25, -0.2) is 4.39 Å². The molecule has 15 heavy (non-hydrogen) atoms. The summed E-state index contributed by atoms with van der Waals surface area (Å²) in [7, 11) is 0. The molecule has 1 aromatic carbocycles. The van der Waals surface area contributed by atoms with E-state index in [1.807, 2.05) is 6.92 Å². The molecule has 0 unspecified atom stereocenters. The topological polar surface area (TPSA) is 29.1 Å². The largest absolute Gasteiger partial charge is 0.352 e. The van der Waals surface area contributed by atoms with Crippen molar-refractivity contribution in [3.63, 3.8) is 0 Å². The van der Waals surface area contributed by atoms with Crippen molar-refractivity contribution in [2.45, 2.75) is 13.3 Å². The summed E-state index contributed by atoms with van der Waals surface area (Å²) in [6, 6.07) is 4.51. The van der Waals surface area contributed by atoms with E-state index in [1.54, 1.807) is 12.1 Å². The quantitative estimate of drug-likeness (QED) is 0.663. The van der Waals surface area contributed by atoms with Gasteiger partial charge in [-0.2, -0.15) is 0 Å². The zero-order valence-electron chi connectivity index (χ0n) is 8.52. The van der Waals surface area contributed by atoms with Gasteiger partial charge >= 0.3 is 0 Å². The zero-order valence-corrected chi connectivity index (χ0v) is 10.1. The smallest absolute Gasteiger partial charge is 0.254 e. The minimum atomic E-state index is -0.475. The first kappa shape index (κ1) is 12.2. The van der Waals surface area contributed by atoms with Gasteiger partial charge in [-0.15, -0.1) is 0 Å². The highest BCUT2D eigenvalue weighted by atomic mass is 79.9. The molecule has 0 bridgehead atoms. The van der Waals surface area contributed by atoms with Crippen molar-refractivity contribution in [2.75, 3.05) is 11.9 Å². The van der Waals surface area contributed by atoms with Crippen LogP contribution in [0.4, 0.5) is 4.39 Å². The zero-order chi connectivity index (χ0) is 11.3. The maximum atomic E-state index is 13.3. The van der Waals surface area contributed by atoms with E-state index in [-0.39, 0.29) is 11.5 Å². The highest BCUT2D eigenvalue weighted by Crippen LogP contribution is 2.09. The first-order valence-electron chi connectivity index (χ1n) is 4.75. The molecule has 1 N–H and O–H groups in total. The predicted octanol–water partition coefficient (Wildman–Crippen LogP) is 2.65. The van der Waals surface area contributed by atoms with Crippen LogP contribution in [0.3, 0.4) is 0 Å². The van der Waals surface area contributed by atoms with Gasteiger partial charge in [-0.05, 0) is 25.5 Å². The Hall–Kier alpha value is -0.900. The fourth-order valence-electron chi connectivity index (χ4n) is 1.18. The Bertz CT molecular complexity index is 354. The molecule has 0 radical (unpaired) electrons. The third kappa shape index (κ3) is 3.63. The van der Waals surface area contributed by atoms with Crippen molar-refractivity contribution < 1.29 is 9.18 Å². The van der Waals surface area contributed by atoms with Crippen LogP contribution >= 0.6 is 15.9 Å². The summed E-state index contributed by atoms with van der Waals surface area (Å²) in [6.07, 6.45) is 0.833. The first-order chi connectivity index (χ1) is 7.15. The minimum Gasteiger partial charge on any atom is -0.352 e. The lowest BCUT2D eigenvalue weighted by molar-refractivity contribution is 0.0949. The van der Waals surface area contributed by atoms with Crippen LogP contribution in [0.15, 0.2) is 18.2 Å². The van der Waals surface area contributed by atoms with E-state index in [1.165, 1.54) is 6.07 Å². The number of carbonyl (C=O) groups excluding carboxylic acids is 1. The standard InChI is InChI=1S/C11H13BrFNO/c1-8-3-4-10(13)9(7-8)11(15)14-6-2-5-12/h3-4,7H,2,5-6H2,1H3,(H,14,15). The molecule has 0 aromatic heterocycles. The average Bonchev–Trinajstić information content (AvgIpc) is 2.22. The third-order valence-corrected chi connectivity index (χ3v) is 2.52. The maximum absolute atomic E-state index is 13.3. The van der Waals surface area contributed by atoms with Crippen LogP contribution in [-0.4, -0.2) is 17.8 Å². The van der Waals surface area contributed by atoms with E-state index in [0.29, 0.717) is 6.54 Å². The van der Waals surface area contributed by atoms with Crippen molar-refractivity contribution in [2.24, 2.45) is 0 Å². The molecule has 0 aliphatic heterocycles. The van der Waals surface area contributed by atoms with Gasteiger partial charge in [0.15, 0.2) is 0 Å². The molecule has 1 aromatic rings. The summed E-state index contributed by atoms with van der Waals surface area (Å²) in [5.41, 5.74) is 0.992. The maximum Gasteiger partial charge on any atom is 0.254 e. The number of amides is 1. The van der Waals surface area contributed by atoms with Gasteiger partial charge in [-0.1, -0.05) is 27.6 Å². The van der Waals surface area contributed by atoms with Crippen LogP contribution in [0.1, 0.15) is 22.3 Å². The lowest BCUT2D eigenvalue weighted by Gasteiger charge is -2.05. The molecule has 0 aliphatic rings. The van der Waals surface area contributed by atoms with Gasteiger partial charge in [0, 0.05) is 11.9 Å². The molecule has 0 aliphatic carbocycles. The van der Waals surface area contributed by atoms with Gasteiger partial charge in [0.2, 0.25) is 0 Å². The number of hydrogen-bond acceptors (Lipinski definition) is 1. The number of hydrogen-bond donors (Lipinski definition) is 1. The van der Waals surface area contributed by atoms with Gasteiger partial charge in [-0.3, -0.25) is 4.79 Å². The Morgan fingerprint density at radius 3 is 2.93 bits per heavy atom. The summed E-state index contributed by atoms with van der Waals surface area (Å²) in [4.78, 5) is 11.5. The number of alkyl halides is 1. The van der Waals surface area contributed by atoms with Crippen molar-refractivity contribution in [1.82, 2.24) is 5.32 Å². The van der Waals surface area contributed by atoms with Crippen molar-refractivity contribution in [3.8, 4) is 0 Å². The number of rotatable bonds is 4. The van der Waals surface area contributed by atoms with E-state index in [9.17, 15) is 9.18 Å². The van der Waals surface area contributed by atoms with Crippen LogP contribution in [0.2, 0.25) is 0 Å². The molecule has 4 heteroatoms. The third-order valence-electron chi connectivity index (χ3n) is 1.96. The number of halogens is 2. The molecule has 0 atom stereocenters. The second kappa shape index (κ2) is 5.85. The molecule has 0 heterocycles. The Labute approximate surface area is 97.0 Å². The van der Waals surface area contributed by atoms with Gasteiger partial charge in [0.25, 0.3) is 5.91 Å². The highest BCUT2D eigenvalue weighted by Gasteiger charge is 2.10. The van der Waals surface area contributed by atoms with Crippen LogP contribution in [-0.2, 0) is 0 Å². The summed E-state index contributed by atoms with van der Waals surface area (Å²) in [5.74, 6) is -0.825. The SMILES string of the molecule is Cc1ccc(F)c(C(=O)NCCCBr)c1. The molecular weight excluding hydrogens is 261 g/mol. The van der Waals surface area contributed by atoms with Crippen LogP contribution in [0.5, 0.6) is 0 Å². The molecule has 0 saturated heterocycles. The number of nitrogens with one attached hydrogen (secondary N) is 1. The van der Waals surface area contributed by atoms with E-state index < -0.39 is 5.82 Å². The molecular formula is C11H13BrFNO. The van der Waals surface area contributed by atoms with E-state index in [2.05, 4.69) is 21.2 Å². The second-order valence-electron chi connectivity index (χ2n) is 3.28. The van der Waals surface area contributed by atoms with Crippen LogP contribution in [0, 0.1) is 12.7 Å². The van der Waals surface area contributed by atoms with Gasteiger partial charge in [0.05, 0.1) is 5.56 Å². The molecule has 1 amide bonds. The molecule has 0 spiro atoms. The normalized spacial score (nSPS) is 10.1. The fourth-order valence-corrected chi connectivity index (χ4v) is 1.46. The minimum absolute atomic E-state index is 0.115. The summed E-state index contributed by atoms with van der Waals surface area (Å²) < 4.78 is 13.3. The number of aryl methyl sites for hydroxylation is 1. The highest BCUT2D eigenvalue weighted by molar-refractivity contribution is 9.09. The van der Waals surface area contributed by atoms with Crippen molar-refractivity contribution in [3.05, 3.63) is 35.1 Å². The van der Waals surface area contributed by atoms with Crippen LogP contribution in [0.25, 0.3) is 0 Å². The lowest BCUT2D eigenvalue weighted by Crippen LogP contribution is -2.25. The van der Waals surface area contributed by atoms with Crippen molar-refractivity contribution >= 4 is 21.8 Å².